The van der Waals surface area contributed by atoms with Gasteiger partial charge in [0.1, 0.15) is 0 Å². The predicted octanol–water partition coefficient (Wildman–Crippen LogP) is 4.50. The van der Waals surface area contributed by atoms with Crippen molar-refractivity contribution in [1.29, 1.82) is 0 Å². The van der Waals surface area contributed by atoms with E-state index in [1.807, 2.05) is 49.4 Å². The minimum Gasteiger partial charge on any atom is -0.326 e. The molecule has 4 heteroatoms. The monoisotopic (exact) mass is 352 g/mol. The first-order chi connectivity index (χ1) is 12.5. The van der Waals surface area contributed by atoms with Crippen LogP contribution in [-0.4, -0.2) is 18.4 Å². The molecule has 0 bridgehead atoms. The molecule has 26 heavy (non-hydrogen) atoms. The SMILES string of the molecule is CCc1ccccc1NC(=O)CCN(C(C)=O)c1c(C)cccc1CC. The van der Waals surface area contributed by atoms with Gasteiger partial charge in [-0.3, -0.25) is 9.59 Å². The Morgan fingerprint density at radius 2 is 1.62 bits per heavy atom. The summed E-state index contributed by atoms with van der Waals surface area (Å²) in [4.78, 5) is 26.4. The molecule has 0 unspecified atom stereocenters. The smallest absolute Gasteiger partial charge is 0.226 e. The minimum atomic E-state index is -0.0798. The lowest BCUT2D eigenvalue weighted by molar-refractivity contribution is -0.117. The number of anilines is 2. The largest absolute Gasteiger partial charge is 0.326 e. The molecule has 2 aromatic rings. The van der Waals surface area contributed by atoms with Crippen LogP contribution in [-0.2, 0) is 22.4 Å². The fourth-order valence-electron chi connectivity index (χ4n) is 3.19. The van der Waals surface area contributed by atoms with Gasteiger partial charge < -0.3 is 10.2 Å². The predicted molar refractivity (Wildman–Crippen MR) is 108 cm³/mol. The fourth-order valence-corrected chi connectivity index (χ4v) is 3.19. The number of rotatable bonds is 7. The summed E-state index contributed by atoms with van der Waals surface area (Å²) in [7, 11) is 0. The van der Waals surface area contributed by atoms with Gasteiger partial charge in [-0.15, -0.1) is 0 Å². The number of aryl methyl sites for hydroxylation is 3. The second-order valence-corrected chi connectivity index (χ2v) is 6.42. The summed E-state index contributed by atoms with van der Waals surface area (Å²) in [6.07, 6.45) is 1.96. The summed E-state index contributed by atoms with van der Waals surface area (Å²) >= 11 is 0. The van der Waals surface area contributed by atoms with Crippen molar-refractivity contribution < 1.29 is 9.59 Å². The van der Waals surface area contributed by atoms with Crippen molar-refractivity contribution in [3.8, 4) is 0 Å². The van der Waals surface area contributed by atoms with Crippen molar-refractivity contribution in [2.45, 2.75) is 47.0 Å². The highest BCUT2D eigenvalue weighted by Crippen LogP contribution is 2.26. The normalized spacial score (nSPS) is 10.5. The zero-order valence-electron chi connectivity index (χ0n) is 16.1. The Bertz CT molecular complexity index is 783. The second kappa shape index (κ2) is 9.18. The van der Waals surface area contributed by atoms with E-state index in [0.717, 1.165) is 40.9 Å². The topological polar surface area (TPSA) is 49.4 Å². The molecule has 0 aliphatic rings. The summed E-state index contributed by atoms with van der Waals surface area (Å²) < 4.78 is 0. The van der Waals surface area contributed by atoms with E-state index >= 15 is 0 Å². The Balaban J connectivity index is 2.12. The molecule has 2 rings (SSSR count). The lowest BCUT2D eigenvalue weighted by Crippen LogP contribution is -2.33. The van der Waals surface area contributed by atoms with Crippen molar-refractivity contribution >= 4 is 23.2 Å². The average Bonchev–Trinajstić information content (AvgIpc) is 2.63. The molecule has 0 aliphatic carbocycles. The van der Waals surface area contributed by atoms with Gasteiger partial charge in [-0.25, -0.2) is 0 Å². The Morgan fingerprint density at radius 1 is 0.962 bits per heavy atom. The van der Waals surface area contributed by atoms with Gasteiger partial charge in [-0.1, -0.05) is 50.2 Å². The summed E-state index contributed by atoms with van der Waals surface area (Å²) in [5, 5.41) is 2.97. The van der Waals surface area contributed by atoms with Crippen molar-refractivity contribution in [2.75, 3.05) is 16.8 Å². The maximum Gasteiger partial charge on any atom is 0.226 e. The summed E-state index contributed by atoms with van der Waals surface area (Å²) in [5.41, 5.74) is 5.06. The minimum absolute atomic E-state index is 0.0456. The van der Waals surface area contributed by atoms with Crippen LogP contribution in [0.1, 0.15) is 43.9 Å². The van der Waals surface area contributed by atoms with Gasteiger partial charge in [0.05, 0.1) is 0 Å². The zero-order valence-corrected chi connectivity index (χ0v) is 16.1. The van der Waals surface area contributed by atoms with Crippen molar-refractivity contribution in [1.82, 2.24) is 0 Å². The molecule has 0 aromatic heterocycles. The maximum atomic E-state index is 12.4. The Hall–Kier alpha value is -2.62. The summed E-state index contributed by atoms with van der Waals surface area (Å²) in [6.45, 7) is 8.06. The van der Waals surface area contributed by atoms with Crippen LogP contribution in [0, 0.1) is 6.92 Å². The fraction of sp³-hybridized carbons (Fsp3) is 0.364. The first kappa shape index (κ1) is 19.7. The number of carbonyl (C=O) groups excluding carboxylic acids is 2. The van der Waals surface area contributed by atoms with E-state index < -0.39 is 0 Å². The molecular formula is C22H28N2O2. The first-order valence-corrected chi connectivity index (χ1v) is 9.22. The number of carbonyl (C=O) groups is 2. The summed E-state index contributed by atoms with van der Waals surface area (Å²) in [6, 6.07) is 13.9. The lowest BCUT2D eigenvalue weighted by atomic mass is 10.0. The van der Waals surface area contributed by atoms with Crippen LogP contribution in [0.4, 0.5) is 11.4 Å². The van der Waals surface area contributed by atoms with Gasteiger partial charge in [0.15, 0.2) is 0 Å². The van der Waals surface area contributed by atoms with Crippen LogP contribution >= 0.6 is 0 Å². The zero-order chi connectivity index (χ0) is 19.1. The summed E-state index contributed by atoms with van der Waals surface area (Å²) in [5.74, 6) is -0.125. The third-order valence-corrected chi connectivity index (χ3v) is 4.59. The highest BCUT2D eigenvalue weighted by atomic mass is 16.2. The highest BCUT2D eigenvalue weighted by Gasteiger charge is 2.18. The van der Waals surface area contributed by atoms with E-state index in [-0.39, 0.29) is 18.2 Å². The number of benzene rings is 2. The van der Waals surface area contributed by atoms with Gasteiger partial charge in [0.2, 0.25) is 11.8 Å². The molecule has 0 saturated heterocycles. The van der Waals surface area contributed by atoms with Crippen LogP contribution in [0.5, 0.6) is 0 Å². The molecule has 4 nitrogen and oxygen atoms in total. The number of nitrogens with zero attached hydrogens (tertiary/aromatic N) is 1. The quantitative estimate of drug-likeness (QED) is 0.797. The molecule has 2 aromatic carbocycles. The molecule has 0 heterocycles. The van der Waals surface area contributed by atoms with E-state index in [1.54, 1.807) is 11.8 Å². The van der Waals surface area contributed by atoms with E-state index in [9.17, 15) is 9.59 Å². The van der Waals surface area contributed by atoms with Gasteiger partial charge in [0.25, 0.3) is 0 Å². The number of para-hydroxylation sites is 2. The van der Waals surface area contributed by atoms with Crippen LogP contribution < -0.4 is 10.2 Å². The molecule has 0 saturated carbocycles. The van der Waals surface area contributed by atoms with Gasteiger partial charge in [-0.05, 0) is 42.5 Å². The average molecular weight is 352 g/mol. The van der Waals surface area contributed by atoms with E-state index in [1.165, 1.54) is 0 Å². The molecule has 1 N–H and O–H groups in total. The van der Waals surface area contributed by atoms with Crippen LogP contribution in [0.2, 0.25) is 0 Å². The van der Waals surface area contributed by atoms with Crippen molar-refractivity contribution in [3.63, 3.8) is 0 Å². The van der Waals surface area contributed by atoms with E-state index in [4.69, 9.17) is 0 Å². The van der Waals surface area contributed by atoms with Crippen molar-refractivity contribution in [2.24, 2.45) is 0 Å². The molecule has 2 amide bonds. The first-order valence-electron chi connectivity index (χ1n) is 9.22. The number of hydrogen-bond donors (Lipinski definition) is 1. The molecule has 0 fully saturated rings. The third-order valence-electron chi connectivity index (χ3n) is 4.59. The standard InChI is InChI=1S/C22H28N2O2/c1-5-18-11-7-8-13-20(18)23-21(26)14-15-24(17(4)25)22-16(3)10-9-12-19(22)6-2/h7-13H,5-6,14-15H2,1-4H3,(H,23,26). The molecule has 0 aliphatic heterocycles. The second-order valence-electron chi connectivity index (χ2n) is 6.42. The highest BCUT2D eigenvalue weighted by molar-refractivity contribution is 5.96. The van der Waals surface area contributed by atoms with Gasteiger partial charge in [0, 0.05) is 31.3 Å². The molecule has 0 atom stereocenters. The van der Waals surface area contributed by atoms with Gasteiger partial charge >= 0.3 is 0 Å². The molecule has 0 spiro atoms. The Labute approximate surface area is 156 Å². The lowest BCUT2D eigenvalue weighted by Gasteiger charge is -2.25. The number of amides is 2. The molecule has 0 radical (unpaired) electrons. The van der Waals surface area contributed by atoms with E-state index in [0.29, 0.717) is 6.54 Å². The van der Waals surface area contributed by atoms with Crippen LogP contribution in [0.25, 0.3) is 0 Å². The van der Waals surface area contributed by atoms with Crippen molar-refractivity contribution in [3.05, 3.63) is 59.2 Å². The van der Waals surface area contributed by atoms with E-state index in [2.05, 4.69) is 19.2 Å². The van der Waals surface area contributed by atoms with Gasteiger partial charge in [-0.2, -0.15) is 0 Å². The number of hydrogen-bond acceptors (Lipinski definition) is 2. The molecular weight excluding hydrogens is 324 g/mol. The van der Waals surface area contributed by atoms with Crippen LogP contribution in [0.15, 0.2) is 42.5 Å². The molecule has 138 valence electrons. The maximum absolute atomic E-state index is 12.4. The number of nitrogens with one attached hydrogen (secondary N) is 1. The Morgan fingerprint density at radius 3 is 2.27 bits per heavy atom. The third kappa shape index (κ3) is 4.72. The van der Waals surface area contributed by atoms with Crippen LogP contribution in [0.3, 0.4) is 0 Å². The Kier molecular flexibility index (Phi) is 6.96.